The summed E-state index contributed by atoms with van der Waals surface area (Å²) in [4.78, 5) is 23.2. The van der Waals surface area contributed by atoms with Crippen LogP contribution in [0, 0.1) is 13.8 Å². The monoisotopic (exact) mass is 245 g/mol. The van der Waals surface area contributed by atoms with Gasteiger partial charge >= 0.3 is 0 Å². The van der Waals surface area contributed by atoms with Crippen molar-refractivity contribution in [1.82, 2.24) is 15.0 Å². The molecule has 5 heteroatoms. The van der Waals surface area contributed by atoms with Crippen molar-refractivity contribution in [1.29, 1.82) is 0 Å². The highest BCUT2D eigenvalue weighted by molar-refractivity contribution is 7.99. The smallest absolute Gasteiger partial charge is 0.193 e. The molecule has 0 saturated carbocycles. The molecule has 0 spiro atoms. The number of aryl methyl sites for hydroxylation is 2. The number of aromatic nitrogens is 3. The van der Waals surface area contributed by atoms with Crippen LogP contribution in [0.5, 0.6) is 0 Å². The molecule has 0 unspecified atom stereocenters. The van der Waals surface area contributed by atoms with Crippen molar-refractivity contribution in [2.24, 2.45) is 0 Å². The molecule has 0 aliphatic carbocycles. The van der Waals surface area contributed by atoms with Crippen LogP contribution in [0.3, 0.4) is 0 Å². The van der Waals surface area contributed by atoms with Crippen LogP contribution in [0.1, 0.15) is 21.5 Å². The van der Waals surface area contributed by atoms with Crippen LogP contribution in [0.2, 0.25) is 0 Å². The maximum Gasteiger partial charge on any atom is 0.193 e. The maximum absolute atomic E-state index is 10.6. The van der Waals surface area contributed by atoms with Crippen LogP contribution < -0.4 is 0 Å². The molecular formula is C12H11N3OS. The van der Waals surface area contributed by atoms with Crippen molar-refractivity contribution >= 4 is 18.0 Å². The molecule has 0 aliphatic rings. The van der Waals surface area contributed by atoms with Gasteiger partial charge in [0, 0.05) is 24.2 Å². The van der Waals surface area contributed by atoms with E-state index < -0.39 is 0 Å². The Hall–Kier alpha value is -1.75. The summed E-state index contributed by atoms with van der Waals surface area (Å²) in [6.45, 7) is 3.85. The number of rotatable bonds is 3. The molecule has 0 amide bonds. The summed E-state index contributed by atoms with van der Waals surface area (Å²) in [5.74, 6) is 0. The lowest BCUT2D eigenvalue weighted by atomic mass is 10.2. The number of hydrogen-bond acceptors (Lipinski definition) is 5. The number of aldehydes is 1. The van der Waals surface area contributed by atoms with Crippen LogP contribution in [-0.2, 0) is 0 Å². The Kier molecular flexibility index (Phi) is 3.49. The van der Waals surface area contributed by atoms with Crippen molar-refractivity contribution in [3.05, 3.63) is 41.3 Å². The highest BCUT2D eigenvalue weighted by Crippen LogP contribution is 2.25. The SMILES string of the molecule is Cc1cnc(Sc2ncc(C=O)cc2C)nc1. The van der Waals surface area contributed by atoms with E-state index in [9.17, 15) is 4.79 Å². The Bertz CT molecular complexity index is 540. The highest BCUT2D eigenvalue weighted by atomic mass is 32.2. The Labute approximate surface area is 104 Å². The van der Waals surface area contributed by atoms with Gasteiger partial charge in [0.05, 0.1) is 0 Å². The summed E-state index contributed by atoms with van der Waals surface area (Å²) >= 11 is 1.39. The summed E-state index contributed by atoms with van der Waals surface area (Å²) in [5, 5.41) is 1.48. The molecule has 2 rings (SSSR count). The average molecular weight is 245 g/mol. The minimum atomic E-state index is 0.580. The molecule has 4 nitrogen and oxygen atoms in total. The molecule has 2 heterocycles. The molecule has 17 heavy (non-hydrogen) atoms. The largest absolute Gasteiger partial charge is 0.298 e. The molecule has 2 aromatic heterocycles. The van der Waals surface area contributed by atoms with E-state index in [2.05, 4.69) is 15.0 Å². The van der Waals surface area contributed by atoms with Crippen molar-refractivity contribution in [3.63, 3.8) is 0 Å². The summed E-state index contributed by atoms with van der Waals surface area (Å²) < 4.78 is 0. The summed E-state index contributed by atoms with van der Waals surface area (Å²) in [6.07, 6.45) is 5.88. The van der Waals surface area contributed by atoms with Crippen LogP contribution in [0.4, 0.5) is 0 Å². The van der Waals surface area contributed by atoms with E-state index in [0.717, 1.165) is 22.4 Å². The number of carbonyl (C=O) groups excluding carboxylic acids is 1. The van der Waals surface area contributed by atoms with Gasteiger partial charge < -0.3 is 0 Å². The first-order valence-electron chi connectivity index (χ1n) is 5.07. The Balaban J connectivity index is 2.24. The van der Waals surface area contributed by atoms with Crippen molar-refractivity contribution in [2.45, 2.75) is 24.0 Å². The number of carbonyl (C=O) groups is 1. The minimum Gasteiger partial charge on any atom is -0.298 e. The van der Waals surface area contributed by atoms with Crippen LogP contribution in [-0.4, -0.2) is 21.2 Å². The van der Waals surface area contributed by atoms with E-state index in [-0.39, 0.29) is 0 Å². The Morgan fingerprint density at radius 3 is 2.41 bits per heavy atom. The quantitative estimate of drug-likeness (QED) is 0.614. The van der Waals surface area contributed by atoms with E-state index in [1.54, 1.807) is 24.7 Å². The van der Waals surface area contributed by atoms with Gasteiger partial charge in [-0.2, -0.15) is 0 Å². The van der Waals surface area contributed by atoms with Gasteiger partial charge in [-0.15, -0.1) is 0 Å². The predicted octanol–water partition coefficient (Wildman–Crippen LogP) is 2.45. The third kappa shape index (κ3) is 2.88. The minimum absolute atomic E-state index is 0.580. The predicted molar refractivity (Wildman–Crippen MR) is 65.3 cm³/mol. The van der Waals surface area contributed by atoms with Crippen LogP contribution >= 0.6 is 11.8 Å². The maximum atomic E-state index is 10.6. The fourth-order valence-corrected chi connectivity index (χ4v) is 1.98. The first-order valence-corrected chi connectivity index (χ1v) is 5.89. The summed E-state index contributed by atoms with van der Waals surface area (Å²) in [6, 6.07) is 1.80. The molecular weight excluding hydrogens is 234 g/mol. The molecule has 0 atom stereocenters. The van der Waals surface area contributed by atoms with E-state index in [4.69, 9.17) is 0 Å². The van der Waals surface area contributed by atoms with Crippen LogP contribution in [0.25, 0.3) is 0 Å². The van der Waals surface area contributed by atoms with Gasteiger partial charge in [-0.1, -0.05) is 0 Å². The van der Waals surface area contributed by atoms with Gasteiger partial charge in [-0.3, -0.25) is 4.79 Å². The molecule has 0 radical (unpaired) electrons. The lowest BCUT2D eigenvalue weighted by Crippen LogP contribution is -1.92. The van der Waals surface area contributed by atoms with Gasteiger partial charge in [-0.05, 0) is 42.8 Å². The molecule has 0 aliphatic heterocycles. The highest BCUT2D eigenvalue weighted by Gasteiger charge is 2.05. The zero-order chi connectivity index (χ0) is 12.3. The van der Waals surface area contributed by atoms with Crippen molar-refractivity contribution < 1.29 is 4.79 Å². The van der Waals surface area contributed by atoms with Crippen molar-refractivity contribution in [3.8, 4) is 0 Å². The van der Waals surface area contributed by atoms with E-state index in [0.29, 0.717) is 10.7 Å². The fourth-order valence-electron chi connectivity index (χ4n) is 1.28. The molecule has 0 saturated heterocycles. The number of nitrogens with zero attached hydrogens (tertiary/aromatic N) is 3. The molecule has 0 N–H and O–H groups in total. The van der Waals surface area contributed by atoms with E-state index in [1.807, 2.05) is 13.8 Å². The summed E-state index contributed by atoms with van der Waals surface area (Å²) in [7, 11) is 0. The van der Waals surface area contributed by atoms with E-state index >= 15 is 0 Å². The molecule has 0 aromatic carbocycles. The van der Waals surface area contributed by atoms with Gasteiger partial charge in [0.1, 0.15) is 5.03 Å². The van der Waals surface area contributed by atoms with Crippen LogP contribution in [0.15, 0.2) is 34.8 Å². The normalized spacial score (nSPS) is 10.2. The van der Waals surface area contributed by atoms with E-state index in [1.165, 1.54) is 11.8 Å². The first kappa shape index (κ1) is 11.7. The first-order chi connectivity index (χ1) is 8.19. The van der Waals surface area contributed by atoms with Crippen molar-refractivity contribution in [2.75, 3.05) is 0 Å². The van der Waals surface area contributed by atoms with Gasteiger partial charge in [0.25, 0.3) is 0 Å². The fraction of sp³-hybridized carbons (Fsp3) is 0.167. The summed E-state index contributed by atoms with van der Waals surface area (Å²) in [5.41, 5.74) is 2.55. The lowest BCUT2D eigenvalue weighted by molar-refractivity contribution is 0.112. The standard InChI is InChI=1S/C12H11N3OS/c1-8-4-14-12(15-5-8)17-11-9(2)3-10(7-16)6-13-11/h3-7H,1-2H3. The van der Waals surface area contributed by atoms with Gasteiger partial charge in [0.15, 0.2) is 11.4 Å². The third-order valence-electron chi connectivity index (χ3n) is 2.13. The average Bonchev–Trinajstić information content (AvgIpc) is 2.34. The molecule has 0 fully saturated rings. The zero-order valence-electron chi connectivity index (χ0n) is 9.54. The van der Waals surface area contributed by atoms with Gasteiger partial charge in [-0.25, -0.2) is 15.0 Å². The lowest BCUT2D eigenvalue weighted by Gasteiger charge is -2.03. The molecule has 86 valence electrons. The Morgan fingerprint density at radius 2 is 1.82 bits per heavy atom. The molecule has 0 bridgehead atoms. The zero-order valence-corrected chi connectivity index (χ0v) is 10.4. The topological polar surface area (TPSA) is 55.7 Å². The second kappa shape index (κ2) is 5.05. The van der Waals surface area contributed by atoms with Gasteiger partial charge in [0.2, 0.25) is 0 Å². The molecule has 2 aromatic rings. The number of hydrogen-bond donors (Lipinski definition) is 0. The number of pyridine rings is 1. The second-order valence-electron chi connectivity index (χ2n) is 3.65. The Morgan fingerprint density at radius 1 is 1.12 bits per heavy atom. The third-order valence-corrected chi connectivity index (χ3v) is 3.15. The second-order valence-corrected chi connectivity index (χ2v) is 4.61.